The molecule has 0 radical (unpaired) electrons. The first-order valence-corrected chi connectivity index (χ1v) is 6.74. The lowest BCUT2D eigenvalue weighted by molar-refractivity contribution is 0.100. The zero-order chi connectivity index (χ0) is 15.7. The Hall–Kier alpha value is -2.64. The first kappa shape index (κ1) is 14.3. The molecular weight excluding hydrogens is 281 g/mol. The average molecular weight is 295 g/mol. The quantitative estimate of drug-likeness (QED) is 0.583. The number of hydrogen-bond donors (Lipinski definition) is 3. The molecule has 6 nitrogen and oxygen atoms in total. The molecule has 3 rings (SSSR count). The summed E-state index contributed by atoms with van der Waals surface area (Å²) in [5.74, 6) is -0.476. The standard InChI is InChI=1S/C15H14BN3O3/c17-15(20)11-3-6-13-14(7-11)19(9-18-13)8-10-1-4-12(5-2-10)16(21)22/h1-7,9,21-22H,8H2,(H2,17,20). The van der Waals surface area contributed by atoms with Crippen molar-refractivity contribution in [2.24, 2.45) is 5.73 Å². The van der Waals surface area contributed by atoms with E-state index in [0.717, 1.165) is 16.6 Å². The molecule has 3 aromatic rings. The lowest BCUT2D eigenvalue weighted by Gasteiger charge is -2.06. The summed E-state index contributed by atoms with van der Waals surface area (Å²) in [5, 5.41) is 18.2. The van der Waals surface area contributed by atoms with Crippen LogP contribution in [0.4, 0.5) is 0 Å². The fourth-order valence-corrected chi connectivity index (χ4v) is 2.33. The lowest BCUT2D eigenvalue weighted by atomic mass is 9.80. The van der Waals surface area contributed by atoms with Gasteiger partial charge in [-0.25, -0.2) is 4.98 Å². The van der Waals surface area contributed by atoms with Crippen LogP contribution in [0.25, 0.3) is 11.0 Å². The van der Waals surface area contributed by atoms with Crippen LogP contribution in [-0.4, -0.2) is 32.6 Å². The molecule has 1 aromatic heterocycles. The normalized spacial score (nSPS) is 10.8. The van der Waals surface area contributed by atoms with Gasteiger partial charge in [-0.05, 0) is 29.2 Å². The Labute approximate surface area is 127 Å². The second-order valence-corrected chi connectivity index (χ2v) is 5.06. The zero-order valence-electron chi connectivity index (χ0n) is 11.7. The maximum Gasteiger partial charge on any atom is 0.488 e. The summed E-state index contributed by atoms with van der Waals surface area (Å²) in [6.45, 7) is 0.556. The van der Waals surface area contributed by atoms with E-state index in [2.05, 4.69) is 4.98 Å². The minimum Gasteiger partial charge on any atom is -0.423 e. The molecule has 0 aliphatic rings. The molecule has 0 saturated carbocycles. The summed E-state index contributed by atoms with van der Waals surface area (Å²) < 4.78 is 1.91. The zero-order valence-corrected chi connectivity index (χ0v) is 11.7. The Morgan fingerprint density at radius 2 is 1.91 bits per heavy atom. The van der Waals surface area contributed by atoms with E-state index in [0.29, 0.717) is 17.6 Å². The van der Waals surface area contributed by atoms with Gasteiger partial charge in [0.05, 0.1) is 17.4 Å². The van der Waals surface area contributed by atoms with Crippen LogP contribution in [0.3, 0.4) is 0 Å². The van der Waals surface area contributed by atoms with Gasteiger partial charge in [-0.3, -0.25) is 4.79 Å². The van der Waals surface area contributed by atoms with Crippen LogP contribution in [0.5, 0.6) is 0 Å². The van der Waals surface area contributed by atoms with Crippen LogP contribution >= 0.6 is 0 Å². The van der Waals surface area contributed by atoms with E-state index in [1.165, 1.54) is 0 Å². The van der Waals surface area contributed by atoms with Gasteiger partial charge >= 0.3 is 7.12 Å². The van der Waals surface area contributed by atoms with Crippen molar-refractivity contribution in [3.05, 3.63) is 59.9 Å². The van der Waals surface area contributed by atoms with Crippen molar-refractivity contribution >= 4 is 29.5 Å². The van der Waals surface area contributed by atoms with Crippen molar-refractivity contribution in [2.45, 2.75) is 6.54 Å². The molecule has 0 aliphatic carbocycles. The van der Waals surface area contributed by atoms with Crippen LogP contribution in [0.1, 0.15) is 15.9 Å². The topological polar surface area (TPSA) is 101 Å². The van der Waals surface area contributed by atoms with Gasteiger partial charge in [0.2, 0.25) is 5.91 Å². The first-order chi connectivity index (χ1) is 10.5. The molecule has 7 heteroatoms. The third-order valence-corrected chi connectivity index (χ3v) is 3.54. The summed E-state index contributed by atoms with van der Waals surface area (Å²) in [7, 11) is -1.47. The van der Waals surface area contributed by atoms with Gasteiger partial charge in [0.1, 0.15) is 0 Å². The van der Waals surface area contributed by atoms with Crippen molar-refractivity contribution in [1.29, 1.82) is 0 Å². The molecule has 0 bridgehead atoms. The minimum atomic E-state index is -1.47. The number of primary amides is 1. The number of carbonyl (C=O) groups excluding carboxylic acids is 1. The number of benzene rings is 2. The SMILES string of the molecule is NC(=O)c1ccc2ncn(Cc3ccc(B(O)O)cc3)c2c1. The highest BCUT2D eigenvalue weighted by Gasteiger charge is 2.11. The summed E-state index contributed by atoms with van der Waals surface area (Å²) in [4.78, 5) is 15.6. The molecule has 0 atom stereocenters. The van der Waals surface area contributed by atoms with Crippen LogP contribution in [-0.2, 0) is 6.54 Å². The second-order valence-electron chi connectivity index (χ2n) is 5.06. The largest absolute Gasteiger partial charge is 0.488 e. The number of nitrogens with zero attached hydrogens (tertiary/aromatic N) is 2. The van der Waals surface area contributed by atoms with Gasteiger partial charge in [0, 0.05) is 12.1 Å². The van der Waals surface area contributed by atoms with Gasteiger partial charge in [-0.2, -0.15) is 0 Å². The first-order valence-electron chi connectivity index (χ1n) is 6.74. The summed E-state index contributed by atoms with van der Waals surface area (Å²) in [6, 6.07) is 12.1. The van der Waals surface area contributed by atoms with E-state index in [1.807, 2.05) is 16.7 Å². The number of amides is 1. The van der Waals surface area contributed by atoms with Gasteiger partial charge < -0.3 is 20.3 Å². The van der Waals surface area contributed by atoms with E-state index >= 15 is 0 Å². The molecule has 2 aromatic carbocycles. The second kappa shape index (κ2) is 5.63. The molecule has 0 unspecified atom stereocenters. The van der Waals surface area contributed by atoms with E-state index in [-0.39, 0.29) is 0 Å². The monoisotopic (exact) mass is 295 g/mol. The third kappa shape index (κ3) is 2.72. The Morgan fingerprint density at radius 1 is 1.18 bits per heavy atom. The smallest absolute Gasteiger partial charge is 0.423 e. The molecule has 110 valence electrons. The number of nitrogens with two attached hydrogens (primary N) is 1. The predicted octanol–water partition coefficient (Wildman–Crippen LogP) is -0.137. The molecule has 0 saturated heterocycles. The highest BCUT2D eigenvalue weighted by Crippen LogP contribution is 2.16. The highest BCUT2D eigenvalue weighted by molar-refractivity contribution is 6.58. The van der Waals surface area contributed by atoms with Gasteiger partial charge in [0.15, 0.2) is 0 Å². The van der Waals surface area contributed by atoms with Crippen molar-refractivity contribution in [2.75, 3.05) is 0 Å². The number of carbonyl (C=O) groups is 1. The fraction of sp³-hybridized carbons (Fsp3) is 0.0667. The van der Waals surface area contributed by atoms with Gasteiger partial charge in [-0.1, -0.05) is 24.3 Å². The number of aromatic nitrogens is 2. The van der Waals surface area contributed by atoms with Gasteiger partial charge in [-0.15, -0.1) is 0 Å². The fourth-order valence-electron chi connectivity index (χ4n) is 2.33. The molecule has 1 amide bonds. The summed E-state index contributed by atoms with van der Waals surface area (Å²) in [6.07, 6.45) is 1.70. The molecule has 1 heterocycles. The number of imidazole rings is 1. The van der Waals surface area contributed by atoms with Crippen LogP contribution < -0.4 is 11.2 Å². The molecule has 0 spiro atoms. The summed E-state index contributed by atoms with van der Waals surface area (Å²) in [5.41, 5.74) is 8.77. The molecular formula is C15H14BN3O3. The average Bonchev–Trinajstić information content (AvgIpc) is 2.90. The van der Waals surface area contributed by atoms with Crippen LogP contribution in [0, 0.1) is 0 Å². The number of rotatable bonds is 4. The van der Waals surface area contributed by atoms with Crippen molar-refractivity contribution < 1.29 is 14.8 Å². The van der Waals surface area contributed by atoms with Crippen molar-refractivity contribution in [3.8, 4) is 0 Å². The van der Waals surface area contributed by atoms with E-state index in [1.54, 1.807) is 36.7 Å². The van der Waals surface area contributed by atoms with Crippen molar-refractivity contribution in [3.63, 3.8) is 0 Å². The molecule has 4 N–H and O–H groups in total. The Balaban J connectivity index is 1.93. The van der Waals surface area contributed by atoms with E-state index in [9.17, 15) is 4.79 Å². The predicted molar refractivity (Wildman–Crippen MR) is 83.6 cm³/mol. The minimum absolute atomic E-state index is 0.438. The maximum atomic E-state index is 11.3. The van der Waals surface area contributed by atoms with Crippen LogP contribution in [0.15, 0.2) is 48.8 Å². The Morgan fingerprint density at radius 3 is 2.55 bits per heavy atom. The highest BCUT2D eigenvalue weighted by atomic mass is 16.4. The number of fused-ring (bicyclic) bond motifs is 1. The van der Waals surface area contributed by atoms with E-state index < -0.39 is 13.0 Å². The number of hydrogen-bond acceptors (Lipinski definition) is 4. The maximum absolute atomic E-state index is 11.3. The van der Waals surface area contributed by atoms with E-state index in [4.69, 9.17) is 15.8 Å². The summed E-state index contributed by atoms with van der Waals surface area (Å²) >= 11 is 0. The molecule has 22 heavy (non-hydrogen) atoms. The third-order valence-electron chi connectivity index (χ3n) is 3.54. The Bertz CT molecular complexity index is 828. The Kier molecular flexibility index (Phi) is 3.66. The van der Waals surface area contributed by atoms with Gasteiger partial charge in [0.25, 0.3) is 0 Å². The molecule has 0 fully saturated rings. The van der Waals surface area contributed by atoms with Crippen molar-refractivity contribution in [1.82, 2.24) is 9.55 Å². The molecule has 0 aliphatic heterocycles. The van der Waals surface area contributed by atoms with Crippen LogP contribution in [0.2, 0.25) is 0 Å². The lowest BCUT2D eigenvalue weighted by Crippen LogP contribution is -2.29.